The van der Waals surface area contributed by atoms with E-state index in [9.17, 15) is 9.18 Å². The van der Waals surface area contributed by atoms with Gasteiger partial charge in [0.25, 0.3) is 0 Å². The number of benzene rings is 1. The Hall–Kier alpha value is -1.42. The summed E-state index contributed by atoms with van der Waals surface area (Å²) in [6.45, 7) is 8.44. The second-order valence-corrected chi connectivity index (χ2v) is 6.83. The molecule has 1 fully saturated rings. The van der Waals surface area contributed by atoms with E-state index in [1.54, 1.807) is 13.0 Å². The van der Waals surface area contributed by atoms with Gasteiger partial charge in [-0.05, 0) is 38.7 Å². The first-order valence-electron chi connectivity index (χ1n) is 9.11. The maximum atomic E-state index is 13.9. The van der Waals surface area contributed by atoms with Gasteiger partial charge in [-0.2, -0.15) is 0 Å². The van der Waals surface area contributed by atoms with Gasteiger partial charge in [0, 0.05) is 51.8 Å². The Labute approximate surface area is 178 Å². The lowest BCUT2D eigenvalue weighted by Crippen LogP contribution is -2.53. The molecular weight excluding hydrogens is 460 g/mol. The summed E-state index contributed by atoms with van der Waals surface area (Å²) in [6, 6.07) is 5.19. The minimum absolute atomic E-state index is 0. The van der Waals surface area contributed by atoms with Crippen molar-refractivity contribution in [2.75, 3.05) is 46.8 Å². The highest BCUT2D eigenvalue weighted by Crippen LogP contribution is 2.13. The van der Waals surface area contributed by atoms with Gasteiger partial charge in [0.1, 0.15) is 5.82 Å². The van der Waals surface area contributed by atoms with Gasteiger partial charge in [0.2, 0.25) is 5.91 Å². The van der Waals surface area contributed by atoms with Crippen LogP contribution >= 0.6 is 24.0 Å². The van der Waals surface area contributed by atoms with Crippen molar-refractivity contribution in [3.05, 3.63) is 35.1 Å². The Morgan fingerprint density at radius 1 is 1.22 bits per heavy atom. The van der Waals surface area contributed by atoms with E-state index in [1.165, 1.54) is 6.07 Å². The summed E-state index contributed by atoms with van der Waals surface area (Å²) in [4.78, 5) is 22.2. The van der Waals surface area contributed by atoms with Gasteiger partial charge in [-0.3, -0.25) is 4.79 Å². The summed E-state index contributed by atoms with van der Waals surface area (Å²) in [6.07, 6.45) is 0. The Bertz CT molecular complexity index is 645. The predicted molar refractivity (Wildman–Crippen MR) is 118 cm³/mol. The van der Waals surface area contributed by atoms with Crippen LogP contribution < -0.4 is 5.32 Å². The van der Waals surface area contributed by atoms with Gasteiger partial charge in [0.15, 0.2) is 5.96 Å². The number of rotatable bonds is 5. The number of amides is 1. The van der Waals surface area contributed by atoms with Gasteiger partial charge in [-0.15, -0.1) is 24.0 Å². The Morgan fingerprint density at radius 2 is 1.85 bits per heavy atom. The van der Waals surface area contributed by atoms with E-state index in [-0.39, 0.29) is 35.7 Å². The zero-order chi connectivity index (χ0) is 19.1. The van der Waals surface area contributed by atoms with Crippen LogP contribution in [0.4, 0.5) is 4.39 Å². The van der Waals surface area contributed by atoms with Crippen LogP contribution in [-0.2, 0) is 17.9 Å². The zero-order valence-corrected chi connectivity index (χ0v) is 19.0. The average molecular weight is 491 g/mol. The number of nitrogens with one attached hydrogen (secondary N) is 1. The zero-order valence-electron chi connectivity index (χ0n) is 16.7. The third-order valence-electron chi connectivity index (χ3n) is 4.37. The van der Waals surface area contributed by atoms with Gasteiger partial charge >= 0.3 is 0 Å². The molecule has 8 heteroatoms. The third-order valence-corrected chi connectivity index (χ3v) is 4.37. The van der Waals surface area contributed by atoms with Gasteiger partial charge in [-0.25, -0.2) is 9.38 Å². The molecule has 0 aromatic heterocycles. The number of hydrogen-bond donors (Lipinski definition) is 1. The molecule has 1 aliphatic heterocycles. The highest BCUT2D eigenvalue weighted by molar-refractivity contribution is 14.0. The molecule has 1 amide bonds. The van der Waals surface area contributed by atoms with Crippen LogP contribution in [0.25, 0.3) is 0 Å². The molecule has 1 aromatic rings. The van der Waals surface area contributed by atoms with E-state index < -0.39 is 0 Å². The van der Waals surface area contributed by atoms with Gasteiger partial charge in [0.05, 0.1) is 6.54 Å². The number of carbonyl (C=O) groups excluding carboxylic acids is 1. The lowest BCUT2D eigenvalue weighted by Gasteiger charge is -2.36. The fourth-order valence-electron chi connectivity index (χ4n) is 3.01. The Balaban J connectivity index is 0.00000364. The molecule has 152 valence electrons. The fourth-order valence-corrected chi connectivity index (χ4v) is 3.01. The van der Waals surface area contributed by atoms with Crippen LogP contribution in [0.15, 0.2) is 23.2 Å². The van der Waals surface area contributed by atoms with Crippen molar-refractivity contribution >= 4 is 35.8 Å². The van der Waals surface area contributed by atoms with E-state index in [2.05, 4.69) is 10.2 Å². The SMILES string of the molecule is CCNC(=NCc1ccc(F)c(CN(C)C)c1)N1CCN(C(C)=O)CC1.I. The number of hydrogen-bond acceptors (Lipinski definition) is 3. The highest BCUT2D eigenvalue weighted by atomic mass is 127. The van der Waals surface area contributed by atoms with Crippen LogP contribution in [0.5, 0.6) is 0 Å². The standard InChI is InChI=1S/C19H30FN5O.HI/c1-5-21-19(25-10-8-24(9-11-25)15(2)26)22-13-16-6-7-18(20)17(12-16)14-23(3)4;/h6-7,12H,5,8-11,13-14H2,1-4H3,(H,21,22);1H. The van der Waals surface area contributed by atoms with Crippen LogP contribution in [-0.4, -0.2) is 73.4 Å². The van der Waals surface area contributed by atoms with Crippen LogP contribution in [0.2, 0.25) is 0 Å². The van der Waals surface area contributed by atoms with Gasteiger partial charge < -0.3 is 20.0 Å². The number of nitrogens with zero attached hydrogens (tertiary/aromatic N) is 4. The molecule has 0 radical (unpaired) electrons. The lowest BCUT2D eigenvalue weighted by atomic mass is 10.1. The molecule has 27 heavy (non-hydrogen) atoms. The predicted octanol–water partition coefficient (Wildman–Crippen LogP) is 2.13. The van der Waals surface area contributed by atoms with Crippen molar-refractivity contribution in [3.8, 4) is 0 Å². The molecule has 2 rings (SSSR count). The third kappa shape index (κ3) is 7.25. The number of halogens is 2. The first-order chi connectivity index (χ1) is 12.4. The van der Waals surface area contributed by atoms with E-state index in [4.69, 9.17) is 4.99 Å². The highest BCUT2D eigenvalue weighted by Gasteiger charge is 2.20. The van der Waals surface area contributed by atoms with Crippen molar-refractivity contribution in [2.45, 2.75) is 26.9 Å². The number of guanidine groups is 1. The number of aliphatic imine (C=N–C) groups is 1. The molecule has 0 atom stereocenters. The van der Waals surface area contributed by atoms with E-state index in [1.807, 2.05) is 36.9 Å². The second kappa shape index (κ2) is 11.4. The minimum atomic E-state index is -0.182. The Kier molecular flexibility index (Phi) is 10.00. The first kappa shape index (κ1) is 23.6. The molecule has 1 N–H and O–H groups in total. The first-order valence-corrected chi connectivity index (χ1v) is 9.11. The largest absolute Gasteiger partial charge is 0.357 e. The summed E-state index contributed by atoms with van der Waals surface area (Å²) in [7, 11) is 3.85. The molecule has 1 aromatic carbocycles. The molecule has 0 saturated carbocycles. The van der Waals surface area contributed by atoms with Crippen LogP contribution in [0.3, 0.4) is 0 Å². The second-order valence-electron chi connectivity index (χ2n) is 6.83. The number of piperazine rings is 1. The maximum Gasteiger partial charge on any atom is 0.219 e. The summed E-state index contributed by atoms with van der Waals surface area (Å²) < 4.78 is 13.9. The summed E-state index contributed by atoms with van der Waals surface area (Å²) in [5.41, 5.74) is 1.67. The molecule has 0 aliphatic carbocycles. The average Bonchev–Trinajstić information content (AvgIpc) is 2.61. The van der Waals surface area contributed by atoms with Crippen molar-refractivity contribution in [1.29, 1.82) is 0 Å². The summed E-state index contributed by atoms with van der Waals surface area (Å²) in [5, 5.41) is 3.32. The Morgan fingerprint density at radius 3 is 2.41 bits per heavy atom. The molecule has 0 spiro atoms. The van der Waals surface area contributed by atoms with E-state index >= 15 is 0 Å². The molecule has 1 heterocycles. The topological polar surface area (TPSA) is 51.2 Å². The molecule has 6 nitrogen and oxygen atoms in total. The smallest absolute Gasteiger partial charge is 0.219 e. The summed E-state index contributed by atoms with van der Waals surface area (Å²) in [5.74, 6) is 0.777. The van der Waals surface area contributed by atoms with Crippen molar-refractivity contribution < 1.29 is 9.18 Å². The normalized spacial score (nSPS) is 15.0. The molecule has 0 unspecified atom stereocenters. The minimum Gasteiger partial charge on any atom is -0.357 e. The maximum absolute atomic E-state index is 13.9. The molecule has 0 bridgehead atoms. The van der Waals surface area contributed by atoms with Crippen molar-refractivity contribution in [2.24, 2.45) is 4.99 Å². The molecule has 1 saturated heterocycles. The fraction of sp³-hybridized carbons (Fsp3) is 0.579. The van der Waals surface area contributed by atoms with Crippen LogP contribution in [0.1, 0.15) is 25.0 Å². The molecular formula is C19H31FIN5O. The molecule has 1 aliphatic rings. The number of carbonyl (C=O) groups is 1. The van der Waals surface area contributed by atoms with Crippen molar-refractivity contribution in [3.63, 3.8) is 0 Å². The van der Waals surface area contributed by atoms with E-state index in [0.717, 1.165) is 31.2 Å². The summed E-state index contributed by atoms with van der Waals surface area (Å²) >= 11 is 0. The quantitative estimate of drug-likeness (QED) is 0.390. The van der Waals surface area contributed by atoms with Gasteiger partial charge in [-0.1, -0.05) is 6.07 Å². The monoisotopic (exact) mass is 491 g/mol. The van der Waals surface area contributed by atoms with Crippen molar-refractivity contribution in [1.82, 2.24) is 20.0 Å². The van der Waals surface area contributed by atoms with E-state index in [0.29, 0.717) is 31.7 Å². The lowest BCUT2D eigenvalue weighted by molar-refractivity contribution is -0.130. The van der Waals surface area contributed by atoms with Crippen LogP contribution in [0, 0.1) is 5.82 Å².